The van der Waals surface area contributed by atoms with E-state index in [9.17, 15) is 4.79 Å². The van der Waals surface area contributed by atoms with Crippen LogP contribution in [0.3, 0.4) is 0 Å². The Morgan fingerprint density at radius 1 is 0.725 bits per heavy atom. The SMILES string of the molecule is CC[Si](CC)(CC)OC(=O)C(CC=C1CCCCC1)C[P+](C1CCCCC1)(C1CCCCC1)C1CCCCC1.[Cl-]. The summed E-state index contributed by atoms with van der Waals surface area (Å²) in [6.07, 6.45) is 33.3. The fourth-order valence-corrected chi connectivity index (χ4v) is 19.7. The van der Waals surface area contributed by atoms with Crippen molar-refractivity contribution >= 4 is 21.5 Å². The van der Waals surface area contributed by atoms with E-state index in [1.54, 1.807) is 5.57 Å². The van der Waals surface area contributed by atoms with Gasteiger partial charge in [0.1, 0.15) is 0 Å². The fraction of sp³-hybridized carbons (Fsp3) is 0.914. The number of hydrogen-bond donors (Lipinski definition) is 0. The molecule has 0 aromatic rings. The summed E-state index contributed by atoms with van der Waals surface area (Å²) < 4.78 is 6.78. The maximum atomic E-state index is 14.4. The summed E-state index contributed by atoms with van der Waals surface area (Å²) in [5.41, 5.74) is 4.49. The lowest BCUT2D eigenvalue weighted by atomic mass is 9.93. The van der Waals surface area contributed by atoms with E-state index < -0.39 is 15.6 Å². The lowest BCUT2D eigenvalue weighted by Gasteiger charge is -2.50. The molecule has 232 valence electrons. The van der Waals surface area contributed by atoms with Gasteiger partial charge in [0.15, 0.2) is 0 Å². The molecule has 0 radical (unpaired) electrons. The first-order valence-electron chi connectivity index (χ1n) is 17.8. The van der Waals surface area contributed by atoms with Crippen molar-refractivity contribution in [2.24, 2.45) is 5.92 Å². The van der Waals surface area contributed by atoms with Crippen LogP contribution in [-0.2, 0) is 9.22 Å². The van der Waals surface area contributed by atoms with Gasteiger partial charge in [-0.05, 0) is 127 Å². The van der Waals surface area contributed by atoms with Crippen LogP contribution < -0.4 is 12.4 Å². The highest BCUT2D eigenvalue weighted by Crippen LogP contribution is 2.78. The summed E-state index contributed by atoms with van der Waals surface area (Å²) in [4.78, 5) is 14.4. The Hall–Kier alpha value is 0.147. The van der Waals surface area contributed by atoms with Crippen LogP contribution in [0.15, 0.2) is 11.6 Å². The van der Waals surface area contributed by atoms with Crippen LogP contribution in [0.25, 0.3) is 0 Å². The van der Waals surface area contributed by atoms with Gasteiger partial charge < -0.3 is 16.8 Å². The largest absolute Gasteiger partial charge is 1.00 e. The molecule has 0 saturated heterocycles. The second-order valence-corrected chi connectivity index (χ2v) is 23.3. The molecule has 0 aliphatic heterocycles. The van der Waals surface area contributed by atoms with Crippen molar-refractivity contribution in [3.63, 3.8) is 0 Å². The number of hydrogen-bond acceptors (Lipinski definition) is 2. The Kier molecular flexibility index (Phi) is 15.1. The van der Waals surface area contributed by atoms with E-state index in [1.165, 1.54) is 135 Å². The molecule has 4 saturated carbocycles. The molecule has 4 fully saturated rings. The first kappa shape index (κ1) is 34.6. The van der Waals surface area contributed by atoms with Gasteiger partial charge in [-0.3, -0.25) is 4.79 Å². The highest BCUT2D eigenvalue weighted by molar-refractivity contribution is 7.78. The quantitative estimate of drug-likeness (QED) is 0.126. The molecule has 0 amide bonds. The van der Waals surface area contributed by atoms with Crippen molar-refractivity contribution in [3.05, 3.63) is 11.6 Å². The van der Waals surface area contributed by atoms with Crippen LogP contribution in [0.4, 0.5) is 0 Å². The summed E-state index contributed by atoms with van der Waals surface area (Å²) >= 11 is 0. The molecule has 0 aromatic carbocycles. The van der Waals surface area contributed by atoms with Gasteiger partial charge in [0, 0.05) is 7.26 Å². The minimum atomic E-state index is -1.96. The molecule has 0 aromatic heterocycles. The van der Waals surface area contributed by atoms with Gasteiger partial charge in [0.2, 0.25) is 0 Å². The Labute approximate surface area is 256 Å². The topological polar surface area (TPSA) is 26.3 Å². The molecule has 2 nitrogen and oxygen atoms in total. The minimum absolute atomic E-state index is 0. The number of carbonyl (C=O) groups is 1. The van der Waals surface area contributed by atoms with Gasteiger partial charge in [0.05, 0.1) is 29.1 Å². The van der Waals surface area contributed by atoms with Crippen LogP contribution in [0, 0.1) is 5.92 Å². The monoisotopic (exact) mass is 610 g/mol. The number of rotatable bonds is 12. The summed E-state index contributed by atoms with van der Waals surface area (Å²) in [7, 11) is -3.27. The lowest BCUT2D eigenvalue weighted by molar-refractivity contribution is -0.139. The maximum absolute atomic E-state index is 14.4. The second-order valence-electron chi connectivity index (χ2n) is 14.1. The normalized spacial score (nSPS) is 23.3. The van der Waals surface area contributed by atoms with Crippen molar-refractivity contribution in [2.75, 3.05) is 6.16 Å². The zero-order valence-electron chi connectivity index (χ0n) is 26.7. The van der Waals surface area contributed by atoms with Crippen LogP contribution in [0.2, 0.25) is 18.1 Å². The Morgan fingerprint density at radius 3 is 1.52 bits per heavy atom. The molecule has 0 heterocycles. The average molecular weight is 611 g/mol. The number of halogens is 1. The third-order valence-corrected chi connectivity index (χ3v) is 23.3. The predicted octanol–water partition coefficient (Wildman–Crippen LogP) is 8.45. The van der Waals surface area contributed by atoms with E-state index in [0.29, 0.717) is 0 Å². The van der Waals surface area contributed by atoms with Crippen LogP contribution in [0.1, 0.15) is 156 Å². The smallest absolute Gasteiger partial charge is 0.299 e. The van der Waals surface area contributed by atoms with Crippen molar-refractivity contribution in [2.45, 2.75) is 191 Å². The Bertz CT molecular complexity index is 702. The first-order valence-corrected chi connectivity index (χ1v) is 22.6. The van der Waals surface area contributed by atoms with E-state index >= 15 is 0 Å². The molecule has 4 aliphatic carbocycles. The van der Waals surface area contributed by atoms with E-state index in [-0.39, 0.29) is 24.3 Å². The minimum Gasteiger partial charge on any atom is -1.00 e. The molecule has 4 aliphatic rings. The molecular formula is C35H64ClO2PSi. The van der Waals surface area contributed by atoms with Gasteiger partial charge in [-0.1, -0.05) is 58.1 Å². The van der Waals surface area contributed by atoms with Crippen molar-refractivity contribution in [1.82, 2.24) is 0 Å². The molecule has 40 heavy (non-hydrogen) atoms. The fourth-order valence-electron chi connectivity index (χ4n) is 9.44. The van der Waals surface area contributed by atoms with Crippen molar-refractivity contribution < 1.29 is 21.6 Å². The van der Waals surface area contributed by atoms with Crippen LogP contribution >= 0.6 is 7.26 Å². The van der Waals surface area contributed by atoms with Crippen LogP contribution in [0.5, 0.6) is 0 Å². The van der Waals surface area contributed by atoms with Gasteiger partial charge in [-0.2, -0.15) is 0 Å². The summed E-state index contributed by atoms with van der Waals surface area (Å²) in [5, 5.41) is 0. The molecular weight excluding hydrogens is 547 g/mol. The predicted molar refractivity (Wildman–Crippen MR) is 175 cm³/mol. The first-order chi connectivity index (χ1) is 19.1. The van der Waals surface area contributed by atoms with E-state index in [4.69, 9.17) is 4.43 Å². The zero-order chi connectivity index (χ0) is 27.6. The van der Waals surface area contributed by atoms with Gasteiger partial charge in [-0.25, -0.2) is 0 Å². The number of carbonyl (C=O) groups excluding carboxylic acids is 1. The molecule has 0 bridgehead atoms. The molecule has 1 atom stereocenters. The van der Waals surface area contributed by atoms with Gasteiger partial charge in [-0.15, -0.1) is 0 Å². The van der Waals surface area contributed by atoms with E-state index in [0.717, 1.165) is 41.5 Å². The molecule has 4 rings (SSSR count). The summed E-state index contributed by atoms with van der Waals surface area (Å²) in [5.74, 6) is 0.363. The number of allylic oxidation sites excluding steroid dienone is 2. The highest BCUT2D eigenvalue weighted by Gasteiger charge is 2.58. The zero-order valence-corrected chi connectivity index (χ0v) is 29.4. The lowest BCUT2D eigenvalue weighted by Crippen LogP contribution is -3.00. The maximum Gasteiger partial charge on any atom is 0.299 e. The molecule has 0 spiro atoms. The molecule has 0 N–H and O–H groups in total. The summed E-state index contributed by atoms with van der Waals surface area (Å²) in [6.45, 7) is 6.86. The highest BCUT2D eigenvalue weighted by atomic mass is 35.5. The van der Waals surface area contributed by atoms with Crippen molar-refractivity contribution in [1.29, 1.82) is 0 Å². The Morgan fingerprint density at radius 2 is 1.12 bits per heavy atom. The third-order valence-electron chi connectivity index (χ3n) is 12.1. The molecule has 1 unspecified atom stereocenters. The van der Waals surface area contributed by atoms with Gasteiger partial charge in [0.25, 0.3) is 14.3 Å². The van der Waals surface area contributed by atoms with Crippen LogP contribution in [-0.4, -0.2) is 37.4 Å². The van der Waals surface area contributed by atoms with E-state index in [2.05, 4.69) is 26.8 Å². The second kappa shape index (κ2) is 17.4. The summed E-state index contributed by atoms with van der Waals surface area (Å²) in [6, 6.07) is 3.23. The Balaban J connectivity index is 0.00000441. The third kappa shape index (κ3) is 8.62. The standard InChI is InChI=1S/C35H64O2PSi.ClH/c1-4-39(5-2,6-3)37-35(36)31(28-27-30-19-11-7-12-20-30)29-38(32-21-13-8-14-22-32,33-23-15-9-16-24-33)34-25-17-10-18-26-34;/h27,31-34H,4-26,28-29H2,1-3H3;1H/q+1;/p-1. The molecule has 5 heteroatoms. The average Bonchev–Trinajstić information content (AvgIpc) is 3.02. The van der Waals surface area contributed by atoms with E-state index in [1.807, 2.05) is 0 Å². The van der Waals surface area contributed by atoms with Crippen molar-refractivity contribution in [3.8, 4) is 0 Å². The van der Waals surface area contributed by atoms with Gasteiger partial charge >= 0.3 is 0 Å².